The molecule has 2 aromatic heterocycles. The molecule has 1 aliphatic rings. The van der Waals surface area contributed by atoms with Gasteiger partial charge in [0, 0.05) is 5.69 Å². The maximum absolute atomic E-state index is 13.8. The second-order valence-corrected chi connectivity index (χ2v) is 7.44. The van der Waals surface area contributed by atoms with E-state index in [9.17, 15) is 14.0 Å². The Labute approximate surface area is 171 Å². The predicted octanol–water partition coefficient (Wildman–Crippen LogP) is 4.69. The lowest BCUT2D eigenvalue weighted by molar-refractivity contribution is 0.0970. The van der Waals surface area contributed by atoms with Crippen molar-refractivity contribution in [1.29, 1.82) is 0 Å². The summed E-state index contributed by atoms with van der Waals surface area (Å²) in [4.78, 5) is 32.8. The van der Waals surface area contributed by atoms with Crippen LogP contribution in [0, 0.1) is 19.7 Å². The molecule has 1 aliphatic heterocycles. The van der Waals surface area contributed by atoms with Crippen molar-refractivity contribution >= 4 is 22.7 Å². The summed E-state index contributed by atoms with van der Waals surface area (Å²) < 4.78 is 19.7. The fraction of sp³-hybridized carbons (Fsp3) is 0.125. The lowest BCUT2D eigenvalue weighted by Crippen LogP contribution is -2.30. The molecule has 4 aromatic rings. The van der Waals surface area contributed by atoms with E-state index < -0.39 is 23.2 Å². The van der Waals surface area contributed by atoms with E-state index in [0.29, 0.717) is 5.82 Å². The number of hydrogen-bond acceptors (Lipinski definition) is 4. The van der Waals surface area contributed by atoms with Crippen LogP contribution in [0.25, 0.3) is 11.0 Å². The topological polar surface area (TPSA) is 63.4 Å². The quantitative estimate of drug-likeness (QED) is 0.490. The van der Waals surface area contributed by atoms with Crippen molar-refractivity contribution in [2.24, 2.45) is 0 Å². The van der Waals surface area contributed by atoms with Gasteiger partial charge in [0.15, 0.2) is 5.43 Å². The van der Waals surface area contributed by atoms with Crippen molar-refractivity contribution < 1.29 is 13.6 Å². The SMILES string of the molecule is Cc1ccc(C2c3c(oc4ccc(F)cc4c3=O)C(=O)N2c2cccc(C)n2)cc1. The second-order valence-electron chi connectivity index (χ2n) is 7.44. The van der Waals surface area contributed by atoms with E-state index in [1.807, 2.05) is 44.2 Å². The highest BCUT2D eigenvalue weighted by molar-refractivity contribution is 6.10. The third kappa shape index (κ3) is 2.72. The zero-order chi connectivity index (χ0) is 21.0. The molecule has 5 nitrogen and oxygen atoms in total. The molecule has 6 heteroatoms. The molecular weight excluding hydrogens is 383 g/mol. The molecule has 0 N–H and O–H groups in total. The molecule has 5 rings (SSSR count). The molecule has 3 heterocycles. The van der Waals surface area contributed by atoms with Crippen LogP contribution >= 0.6 is 0 Å². The van der Waals surface area contributed by atoms with Gasteiger partial charge in [0.05, 0.1) is 17.0 Å². The molecule has 0 radical (unpaired) electrons. The average Bonchev–Trinajstić information content (AvgIpc) is 3.02. The largest absolute Gasteiger partial charge is 0.450 e. The zero-order valence-corrected chi connectivity index (χ0v) is 16.3. The standard InChI is InChI=1S/C24H17FN2O3/c1-13-6-8-15(9-7-13)21-20-22(28)17-12-16(25)10-11-18(17)30-23(20)24(29)27(21)19-5-3-4-14(2)26-19/h3-12,21H,1-2H3. The first kappa shape index (κ1) is 18.2. The van der Waals surface area contributed by atoms with Gasteiger partial charge in [-0.1, -0.05) is 35.9 Å². The number of amides is 1. The fourth-order valence-electron chi connectivity index (χ4n) is 3.91. The Hall–Kier alpha value is -3.80. The van der Waals surface area contributed by atoms with Crippen molar-refractivity contribution in [2.45, 2.75) is 19.9 Å². The lowest BCUT2D eigenvalue weighted by atomic mass is 9.97. The van der Waals surface area contributed by atoms with Gasteiger partial charge in [-0.2, -0.15) is 0 Å². The molecule has 30 heavy (non-hydrogen) atoms. The number of fused-ring (bicyclic) bond motifs is 2. The number of carbonyl (C=O) groups excluding carboxylic acids is 1. The van der Waals surface area contributed by atoms with Gasteiger partial charge in [-0.15, -0.1) is 0 Å². The first-order valence-electron chi connectivity index (χ1n) is 9.54. The van der Waals surface area contributed by atoms with E-state index in [-0.39, 0.29) is 22.3 Å². The second kappa shape index (κ2) is 6.62. The molecule has 0 saturated heterocycles. The molecular formula is C24H17FN2O3. The van der Waals surface area contributed by atoms with E-state index in [2.05, 4.69) is 4.98 Å². The number of halogens is 1. The highest BCUT2D eigenvalue weighted by Crippen LogP contribution is 2.40. The van der Waals surface area contributed by atoms with Gasteiger partial charge < -0.3 is 4.42 Å². The molecule has 1 unspecified atom stereocenters. The number of aryl methyl sites for hydroxylation is 2. The van der Waals surface area contributed by atoms with Crippen LogP contribution < -0.4 is 10.3 Å². The summed E-state index contributed by atoms with van der Waals surface area (Å²) in [5.74, 6) is -0.597. The number of carbonyl (C=O) groups is 1. The summed E-state index contributed by atoms with van der Waals surface area (Å²) in [7, 11) is 0. The van der Waals surface area contributed by atoms with Crippen LogP contribution in [0.5, 0.6) is 0 Å². The predicted molar refractivity (Wildman–Crippen MR) is 111 cm³/mol. The minimum atomic E-state index is -0.716. The first-order valence-corrected chi connectivity index (χ1v) is 9.54. The average molecular weight is 400 g/mol. The van der Waals surface area contributed by atoms with Crippen LogP contribution in [0.3, 0.4) is 0 Å². The van der Waals surface area contributed by atoms with Gasteiger partial charge in [0.2, 0.25) is 5.76 Å². The van der Waals surface area contributed by atoms with Crippen LogP contribution in [0.1, 0.15) is 39.0 Å². The normalized spacial score (nSPS) is 15.6. The Balaban J connectivity index is 1.83. The number of anilines is 1. The van der Waals surface area contributed by atoms with Gasteiger partial charge in [-0.05, 0) is 49.7 Å². The van der Waals surface area contributed by atoms with E-state index in [1.165, 1.54) is 17.0 Å². The Bertz CT molecular complexity index is 1380. The van der Waals surface area contributed by atoms with E-state index in [0.717, 1.165) is 22.9 Å². The summed E-state index contributed by atoms with van der Waals surface area (Å²) >= 11 is 0. The Morgan fingerprint density at radius 2 is 1.77 bits per heavy atom. The molecule has 1 atom stereocenters. The number of benzene rings is 2. The van der Waals surface area contributed by atoms with E-state index in [4.69, 9.17) is 4.42 Å². The zero-order valence-electron chi connectivity index (χ0n) is 16.3. The fourth-order valence-corrected chi connectivity index (χ4v) is 3.91. The third-order valence-electron chi connectivity index (χ3n) is 5.35. The minimum absolute atomic E-state index is 0.0343. The highest BCUT2D eigenvalue weighted by atomic mass is 19.1. The molecule has 0 aliphatic carbocycles. The van der Waals surface area contributed by atoms with Crippen molar-refractivity contribution in [3.05, 3.63) is 105 Å². The van der Waals surface area contributed by atoms with Crippen LogP contribution in [0.4, 0.5) is 10.2 Å². The third-order valence-corrected chi connectivity index (χ3v) is 5.35. The summed E-state index contributed by atoms with van der Waals surface area (Å²) in [5.41, 5.74) is 2.50. The minimum Gasteiger partial charge on any atom is -0.450 e. The number of rotatable bonds is 2. The molecule has 0 fully saturated rings. The summed E-state index contributed by atoms with van der Waals surface area (Å²) in [6.45, 7) is 3.79. The van der Waals surface area contributed by atoms with Crippen molar-refractivity contribution in [3.63, 3.8) is 0 Å². The maximum Gasteiger partial charge on any atom is 0.296 e. The van der Waals surface area contributed by atoms with Crippen LogP contribution in [0.15, 0.2) is 69.9 Å². The van der Waals surface area contributed by atoms with E-state index in [1.54, 1.807) is 12.1 Å². The highest BCUT2D eigenvalue weighted by Gasteiger charge is 2.44. The Morgan fingerprint density at radius 1 is 1.00 bits per heavy atom. The monoisotopic (exact) mass is 400 g/mol. The Morgan fingerprint density at radius 3 is 2.50 bits per heavy atom. The summed E-state index contributed by atoms with van der Waals surface area (Å²) in [6.07, 6.45) is 0. The number of hydrogen-bond donors (Lipinski definition) is 0. The molecule has 148 valence electrons. The smallest absolute Gasteiger partial charge is 0.296 e. The number of nitrogens with zero attached hydrogens (tertiary/aromatic N) is 2. The maximum atomic E-state index is 13.8. The van der Waals surface area contributed by atoms with Gasteiger partial charge in [0.25, 0.3) is 5.91 Å². The molecule has 0 bridgehead atoms. The number of pyridine rings is 1. The van der Waals surface area contributed by atoms with Gasteiger partial charge in [0.1, 0.15) is 17.2 Å². The van der Waals surface area contributed by atoms with Gasteiger partial charge in [-0.3, -0.25) is 14.5 Å². The molecule has 0 spiro atoms. The van der Waals surface area contributed by atoms with Gasteiger partial charge in [-0.25, -0.2) is 9.37 Å². The van der Waals surface area contributed by atoms with Crippen LogP contribution in [-0.2, 0) is 0 Å². The first-order chi connectivity index (χ1) is 14.4. The molecule has 1 amide bonds. The van der Waals surface area contributed by atoms with Crippen LogP contribution in [-0.4, -0.2) is 10.9 Å². The van der Waals surface area contributed by atoms with Gasteiger partial charge >= 0.3 is 0 Å². The molecule has 2 aromatic carbocycles. The summed E-state index contributed by atoms with van der Waals surface area (Å²) in [6, 6.07) is 16.0. The van der Waals surface area contributed by atoms with E-state index >= 15 is 0 Å². The van der Waals surface area contributed by atoms with Crippen molar-refractivity contribution in [3.8, 4) is 0 Å². The Kier molecular flexibility index (Phi) is 4.03. The molecule has 0 saturated carbocycles. The van der Waals surface area contributed by atoms with Crippen molar-refractivity contribution in [1.82, 2.24) is 4.98 Å². The van der Waals surface area contributed by atoms with Crippen molar-refractivity contribution in [2.75, 3.05) is 4.90 Å². The lowest BCUT2D eigenvalue weighted by Gasteiger charge is -2.24. The summed E-state index contributed by atoms with van der Waals surface area (Å²) in [5, 5.41) is 0.109. The van der Waals surface area contributed by atoms with Crippen LogP contribution in [0.2, 0.25) is 0 Å². The number of aromatic nitrogens is 1.